The maximum Gasteiger partial charge on any atom is 0.244 e. The van der Waals surface area contributed by atoms with Crippen molar-refractivity contribution < 1.29 is 9.90 Å². The number of amides is 1. The molecule has 1 atom stereocenters. The van der Waals surface area contributed by atoms with Crippen LogP contribution in [0.15, 0.2) is 18.5 Å². The van der Waals surface area contributed by atoms with E-state index in [1.165, 1.54) is 6.08 Å². The molecule has 1 aromatic heterocycles. The molecule has 0 aliphatic rings. The first kappa shape index (κ1) is 12.4. The maximum absolute atomic E-state index is 11.3. The molecule has 1 amide bonds. The molecule has 0 aliphatic carbocycles. The Morgan fingerprint density at radius 2 is 2.50 bits per heavy atom. The van der Waals surface area contributed by atoms with Crippen molar-refractivity contribution in [3.05, 3.63) is 24.0 Å². The van der Waals surface area contributed by atoms with Crippen molar-refractivity contribution in [2.45, 2.75) is 19.4 Å². The number of nitrogens with zero attached hydrogens (tertiary/aromatic N) is 2. The third kappa shape index (κ3) is 4.27. The summed E-state index contributed by atoms with van der Waals surface area (Å²) in [7, 11) is 1.81. The van der Waals surface area contributed by atoms with Crippen molar-refractivity contribution in [2.24, 2.45) is 7.05 Å². The Bertz CT molecular complexity index is 371. The Labute approximate surface area is 94.8 Å². The van der Waals surface area contributed by atoms with Gasteiger partial charge in [0.1, 0.15) is 0 Å². The number of aryl methyl sites for hydroxylation is 1. The molecule has 0 saturated carbocycles. The third-order valence-corrected chi connectivity index (χ3v) is 2.14. The van der Waals surface area contributed by atoms with E-state index in [9.17, 15) is 9.90 Å². The van der Waals surface area contributed by atoms with Crippen LogP contribution >= 0.6 is 0 Å². The predicted molar refractivity (Wildman–Crippen MR) is 61.5 cm³/mol. The van der Waals surface area contributed by atoms with Crippen LogP contribution in [0.5, 0.6) is 0 Å². The summed E-state index contributed by atoms with van der Waals surface area (Å²) >= 11 is 0. The van der Waals surface area contributed by atoms with Crippen LogP contribution in [0.4, 0.5) is 0 Å². The Balaban J connectivity index is 2.36. The van der Waals surface area contributed by atoms with Crippen molar-refractivity contribution in [3.8, 4) is 0 Å². The molecule has 0 radical (unpaired) electrons. The van der Waals surface area contributed by atoms with Gasteiger partial charge in [0.05, 0.1) is 12.3 Å². The van der Waals surface area contributed by atoms with E-state index in [0.717, 1.165) is 5.56 Å². The summed E-state index contributed by atoms with van der Waals surface area (Å²) in [5.74, 6) is -0.212. The van der Waals surface area contributed by atoms with E-state index in [1.54, 1.807) is 17.0 Å². The van der Waals surface area contributed by atoms with E-state index >= 15 is 0 Å². The average Bonchev–Trinajstić information content (AvgIpc) is 2.69. The summed E-state index contributed by atoms with van der Waals surface area (Å²) in [6.45, 7) is 2.15. The molecular formula is C11H17N3O2. The van der Waals surface area contributed by atoms with Crippen molar-refractivity contribution >= 4 is 12.0 Å². The Kier molecular flexibility index (Phi) is 4.72. The van der Waals surface area contributed by atoms with Gasteiger partial charge in [0.15, 0.2) is 0 Å². The molecule has 0 saturated heterocycles. The van der Waals surface area contributed by atoms with Crippen molar-refractivity contribution in [1.29, 1.82) is 0 Å². The Hall–Kier alpha value is -1.62. The second-order valence-electron chi connectivity index (χ2n) is 3.59. The number of hydrogen-bond acceptors (Lipinski definition) is 3. The fourth-order valence-electron chi connectivity index (χ4n) is 1.12. The van der Waals surface area contributed by atoms with Crippen LogP contribution in [0.3, 0.4) is 0 Å². The summed E-state index contributed by atoms with van der Waals surface area (Å²) in [5, 5.41) is 15.8. The van der Waals surface area contributed by atoms with E-state index in [-0.39, 0.29) is 12.5 Å². The maximum atomic E-state index is 11.3. The van der Waals surface area contributed by atoms with Gasteiger partial charge in [-0.25, -0.2) is 0 Å². The highest BCUT2D eigenvalue weighted by molar-refractivity contribution is 5.91. The van der Waals surface area contributed by atoms with Gasteiger partial charge in [-0.05, 0) is 12.5 Å². The number of aromatic nitrogens is 2. The van der Waals surface area contributed by atoms with E-state index in [0.29, 0.717) is 6.42 Å². The van der Waals surface area contributed by atoms with E-state index < -0.39 is 6.10 Å². The first-order valence-electron chi connectivity index (χ1n) is 5.24. The minimum atomic E-state index is -0.476. The second-order valence-corrected chi connectivity index (χ2v) is 3.59. The number of nitrogens with one attached hydrogen (secondary N) is 1. The highest BCUT2D eigenvalue weighted by Crippen LogP contribution is 1.98. The largest absolute Gasteiger partial charge is 0.391 e. The van der Waals surface area contributed by atoms with Crippen LogP contribution in [-0.2, 0) is 11.8 Å². The molecule has 1 rings (SSSR count). The lowest BCUT2D eigenvalue weighted by atomic mass is 10.3. The average molecular weight is 223 g/mol. The molecule has 0 fully saturated rings. The van der Waals surface area contributed by atoms with Gasteiger partial charge in [0, 0.05) is 31.4 Å². The molecule has 1 aromatic rings. The van der Waals surface area contributed by atoms with Crippen LogP contribution in [0.25, 0.3) is 6.08 Å². The van der Waals surface area contributed by atoms with Gasteiger partial charge >= 0.3 is 0 Å². The number of hydrogen-bond donors (Lipinski definition) is 2. The van der Waals surface area contributed by atoms with Gasteiger partial charge < -0.3 is 10.4 Å². The molecular weight excluding hydrogens is 206 g/mol. The lowest BCUT2D eigenvalue weighted by Crippen LogP contribution is -2.30. The fraction of sp³-hybridized carbons (Fsp3) is 0.455. The number of carbonyl (C=O) groups excluding carboxylic acids is 1. The molecule has 1 unspecified atom stereocenters. The molecule has 5 heteroatoms. The monoisotopic (exact) mass is 223 g/mol. The molecule has 88 valence electrons. The normalized spacial score (nSPS) is 12.9. The van der Waals surface area contributed by atoms with E-state index in [1.807, 2.05) is 20.2 Å². The van der Waals surface area contributed by atoms with Gasteiger partial charge in [-0.15, -0.1) is 0 Å². The van der Waals surface area contributed by atoms with Crippen LogP contribution in [0.1, 0.15) is 18.9 Å². The predicted octanol–water partition coefficient (Wildman–Crippen LogP) is 0.320. The van der Waals surface area contributed by atoms with Gasteiger partial charge in [-0.3, -0.25) is 9.48 Å². The van der Waals surface area contributed by atoms with Gasteiger partial charge in [0.2, 0.25) is 5.91 Å². The molecule has 0 aromatic carbocycles. The quantitative estimate of drug-likeness (QED) is 0.706. The topological polar surface area (TPSA) is 67.2 Å². The minimum Gasteiger partial charge on any atom is -0.391 e. The molecule has 0 aliphatic heterocycles. The fourth-order valence-corrected chi connectivity index (χ4v) is 1.12. The zero-order chi connectivity index (χ0) is 12.0. The zero-order valence-electron chi connectivity index (χ0n) is 9.55. The Morgan fingerprint density at radius 3 is 3.06 bits per heavy atom. The number of rotatable bonds is 5. The van der Waals surface area contributed by atoms with Crippen molar-refractivity contribution in [3.63, 3.8) is 0 Å². The lowest BCUT2D eigenvalue weighted by molar-refractivity contribution is -0.116. The second kappa shape index (κ2) is 6.07. The molecule has 0 bridgehead atoms. The van der Waals surface area contributed by atoms with Crippen LogP contribution < -0.4 is 5.32 Å². The number of aliphatic hydroxyl groups is 1. The minimum absolute atomic E-state index is 0.212. The summed E-state index contributed by atoms with van der Waals surface area (Å²) in [4.78, 5) is 11.3. The SMILES string of the molecule is CCC(O)CNC(=O)/C=C/c1cnn(C)c1. The number of aliphatic hydroxyl groups excluding tert-OH is 1. The van der Waals surface area contributed by atoms with Gasteiger partial charge in [0.25, 0.3) is 0 Å². The molecule has 5 nitrogen and oxygen atoms in total. The lowest BCUT2D eigenvalue weighted by Gasteiger charge is -2.06. The van der Waals surface area contributed by atoms with Crippen molar-refractivity contribution in [1.82, 2.24) is 15.1 Å². The standard InChI is InChI=1S/C11H17N3O2/c1-3-10(15)7-12-11(16)5-4-9-6-13-14(2)8-9/h4-6,8,10,15H,3,7H2,1-2H3,(H,12,16)/b5-4+. The smallest absolute Gasteiger partial charge is 0.244 e. The molecule has 1 heterocycles. The van der Waals surface area contributed by atoms with Crippen LogP contribution in [0.2, 0.25) is 0 Å². The van der Waals surface area contributed by atoms with E-state index in [4.69, 9.17) is 0 Å². The summed E-state index contributed by atoms with van der Waals surface area (Å²) in [5.41, 5.74) is 0.869. The Morgan fingerprint density at radius 1 is 1.75 bits per heavy atom. The molecule has 16 heavy (non-hydrogen) atoms. The first-order chi connectivity index (χ1) is 7.61. The summed E-state index contributed by atoms with van der Waals surface area (Å²) < 4.78 is 1.67. The van der Waals surface area contributed by atoms with Crippen molar-refractivity contribution in [2.75, 3.05) is 6.54 Å². The number of carbonyl (C=O) groups is 1. The molecule has 2 N–H and O–H groups in total. The highest BCUT2D eigenvalue weighted by atomic mass is 16.3. The summed E-state index contributed by atoms with van der Waals surface area (Å²) in [6, 6.07) is 0. The highest BCUT2D eigenvalue weighted by Gasteiger charge is 2.01. The zero-order valence-corrected chi connectivity index (χ0v) is 9.55. The van der Waals surface area contributed by atoms with Gasteiger partial charge in [-0.1, -0.05) is 6.92 Å². The third-order valence-electron chi connectivity index (χ3n) is 2.14. The van der Waals surface area contributed by atoms with E-state index in [2.05, 4.69) is 10.4 Å². The van der Waals surface area contributed by atoms with Gasteiger partial charge in [-0.2, -0.15) is 5.10 Å². The first-order valence-corrected chi connectivity index (χ1v) is 5.24. The van der Waals surface area contributed by atoms with Crippen LogP contribution in [-0.4, -0.2) is 33.4 Å². The molecule has 0 spiro atoms. The summed E-state index contributed by atoms with van der Waals surface area (Å²) in [6.07, 6.45) is 6.75. The van der Waals surface area contributed by atoms with Crippen LogP contribution in [0, 0.1) is 0 Å².